The Balaban J connectivity index is 2.39. The van der Waals surface area contributed by atoms with Crippen LogP contribution in [0.4, 0.5) is 0 Å². The van der Waals surface area contributed by atoms with Crippen LogP contribution < -0.4 is 0 Å². The van der Waals surface area contributed by atoms with E-state index < -0.39 is 6.10 Å². The van der Waals surface area contributed by atoms with Gasteiger partial charge in [0.25, 0.3) is 0 Å². The van der Waals surface area contributed by atoms with E-state index in [9.17, 15) is 9.90 Å². The van der Waals surface area contributed by atoms with Crippen LogP contribution in [0.2, 0.25) is 0 Å². The lowest BCUT2D eigenvalue weighted by atomic mass is 10.1. The van der Waals surface area contributed by atoms with Crippen LogP contribution in [-0.4, -0.2) is 60.9 Å². The van der Waals surface area contributed by atoms with E-state index in [2.05, 4.69) is 0 Å². The Morgan fingerprint density at radius 2 is 2.33 bits per heavy atom. The van der Waals surface area contributed by atoms with Crippen molar-refractivity contribution in [3.05, 3.63) is 0 Å². The molecule has 5 nitrogen and oxygen atoms in total. The van der Waals surface area contributed by atoms with E-state index in [1.165, 1.54) is 5.06 Å². The topological polar surface area (TPSA) is 53.0 Å². The van der Waals surface area contributed by atoms with Gasteiger partial charge < -0.3 is 10.0 Å². The van der Waals surface area contributed by atoms with E-state index in [4.69, 9.17) is 4.84 Å². The third-order valence-corrected chi connectivity index (χ3v) is 2.42. The van der Waals surface area contributed by atoms with Crippen molar-refractivity contribution in [2.75, 3.05) is 33.8 Å². The number of hydrogen-bond acceptors (Lipinski definition) is 4. The van der Waals surface area contributed by atoms with E-state index in [0.717, 1.165) is 6.42 Å². The van der Waals surface area contributed by atoms with E-state index >= 15 is 0 Å². The smallest absolute Gasteiger partial charge is 0.249 e. The summed E-state index contributed by atoms with van der Waals surface area (Å²) in [6, 6.07) is 0. The molecule has 0 aliphatic carbocycles. The summed E-state index contributed by atoms with van der Waals surface area (Å²) in [5, 5.41) is 11.0. The Hall–Kier alpha value is -0.650. The van der Waals surface area contributed by atoms with Crippen LogP contribution >= 0.6 is 0 Å². The number of likely N-dealkylation sites (N-methyl/N-ethyl adjacent to an activating group) is 1. The van der Waals surface area contributed by atoms with Gasteiger partial charge in [-0.15, -0.1) is 0 Å². The molecule has 0 radical (unpaired) electrons. The van der Waals surface area contributed by atoms with Gasteiger partial charge in [0.05, 0.1) is 19.3 Å². The van der Waals surface area contributed by atoms with E-state index in [1.807, 2.05) is 25.9 Å². The number of carbonyl (C=O) groups excluding carboxylic acids is 1. The predicted molar refractivity (Wildman–Crippen MR) is 56.0 cm³/mol. The summed E-state index contributed by atoms with van der Waals surface area (Å²) in [4.78, 5) is 18.7. The second-order valence-electron chi connectivity index (χ2n) is 4.34. The first kappa shape index (κ1) is 12.4. The SMILES string of the molecule is CC1CCON(CC(O)CN(C)C)C1=O. The first-order valence-electron chi connectivity index (χ1n) is 5.27. The van der Waals surface area contributed by atoms with Crippen molar-refractivity contribution in [1.82, 2.24) is 9.96 Å². The van der Waals surface area contributed by atoms with Crippen LogP contribution in [0.15, 0.2) is 0 Å². The maximum Gasteiger partial charge on any atom is 0.249 e. The lowest BCUT2D eigenvalue weighted by Gasteiger charge is -2.31. The highest BCUT2D eigenvalue weighted by atomic mass is 16.7. The second kappa shape index (κ2) is 5.44. The molecule has 0 aromatic heterocycles. The predicted octanol–water partition coefficient (Wildman–Crippen LogP) is -0.291. The zero-order valence-electron chi connectivity index (χ0n) is 9.64. The Morgan fingerprint density at radius 3 is 2.93 bits per heavy atom. The normalized spacial score (nSPS) is 24.7. The first-order chi connectivity index (χ1) is 7.00. The highest BCUT2D eigenvalue weighted by molar-refractivity contribution is 5.77. The number of rotatable bonds is 4. The third kappa shape index (κ3) is 3.77. The van der Waals surface area contributed by atoms with Gasteiger partial charge >= 0.3 is 0 Å². The molecular formula is C10H20N2O3. The van der Waals surface area contributed by atoms with Gasteiger partial charge in [-0.1, -0.05) is 6.92 Å². The van der Waals surface area contributed by atoms with Gasteiger partial charge in [0.2, 0.25) is 5.91 Å². The minimum absolute atomic E-state index is 0.00491. The standard InChI is InChI=1S/C10H20N2O3/c1-8-4-5-15-12(10(8)14)7-9(13)6-11(2)3/h8-9,13H,4-7H2,1-3H3. The molecule has 0 saturated carbocycles. The summed E-state index contributed by atoms with van der Waals surface area (Å²) in [7, 11) is 3.76. The van der Waals surface area contributed by atoms with Crippen molar-refractivity contribution in [1.29, 1.82) is 0 Å². The maximum atomic E-state index is 11.6. The number of aliphatic hydroxyl groups excluding tert-OH is 1. The fourth-order valence-electron chi connectivity index (χ4n) is 1.59. The molecule has 0 aromatic carbocycles. The fourth-order valence-corrected chi connectivity index (χ4v) is 1.59. The van der Waals surface area contributed by atoms with Crippen molar-refractivity contribution in [2.24, 2.45) is 5.92 Å². The molecule has 0 aromatic rings. The number of hydrogen-bond donors (Lipinski definition) is 1. The minimum Gasteiger partial charge on any atom is -0.390 e. The van der Waals surface area contributed by atoms with Gasteiger partial charge in [-0.2, -0.15) is 0 Å². The molecule has 1 saturated heterocycles. The summed E-state index contributed by atoms with van der Waals surface area (Å²) in [5.74, 6) is -0.0237. The second-order valence-corrected chi connectivity index (χ2v) is 4.34. The summed E-state index contributed by atoms with van der Waals surface area (Å²) >= 11 is 0. The molecule has 2 unspecified atom stereocenters. The Morgan fingerprint density at radius 1 is 1.67 bits per heavy atom. The van der Waals surface area contributed by atoms with Gasteiger partial charge in [0.1, 0.15) is 0 Å². The van der Waals surface area contributed by atoms with Gasteiger partial charge in [-0.05, 0) is 20.5 Å². The molecule has 5 heteroatoms. The van der Waals surface area contributed by atoms with Crippen LogP contribution in [0.1, 0.15) is 13.3 Å². The Kier molecular flexibility index (Phi) is 4.50. The van der Waals surface area contributed by atoms with Gasteiger partial charge in [-0.25, -0.2) is 5.06 Å². The molecule has 88 valence electrons. The van der Waals surface area contributed by atoms with Gasteiger partial charge in [-0.3, -0.25) is 9.63 Å². The van der Waals surface area contributed by atoms with Crippen LogP contribution in [0, 0.1) is 5.92 Å². The van der Waals surface area contributed by atoms with E-state index in [1.54, 1.807) is 0 Å². The van der Waals surface area contributed by atoms with Crippen molar-refractivity contribution in [3.63, 3.8) is 0 Å². The molecule has 1 N–H and O–H groups in total. The molecule has 1 rings (SSSR count). The maximum absolute atomic E-state index is 11.6. The summed E-state index contributed by atoms with van der Waals surface area (Å²) in [6.07, 6.45) is 0.202. The van der Waals surface area contributed by atoms with Gasteiger partial charge in [0, 0.05) is 12.5 Å². The molecular weight excluding hydrogens is 196 g/mol. The Bertz CT molecular complexity index is 221. The zero-order chi connectivity index (χ0) is 11.4. The van der Waals surface area contributed by atoms with E-state index in [-0.39, 0.29) is 18.4 Å². The van der Waals surface area contributed by atoms with Crippen LogP contribution in [-0.2, 0) is 9.63 Å². The average molecular weight is 216 g/mol. The van der Waals surface area contributed by atoms with Crippen molar-refractivity contribution < 1.29 is 14.7 Å². The molecule has 1 aliphatic rings. The van der Waals surface area contributed by atoms with Crippen LogP contribution in [0.3, 0.4) is 0 Å². The summed E-state index contributed by atoms with van der Waals surface area (Å²) < 4.78 is 0. The van der Waals surface area contributed by atoms with Crippen LogP contribution in [0.25, 0.3) is 0 Å². The summed E-state index contributed by atoms with van der Waals surface area (Å²) in [6.45, 7) is 3.22. The number of β-amino-alcohol motifs (C(OH)–C–C–N with tert-alkyl or cyclic N) is 1. The van der Waals surface area contributed by atoms with Crippen molar-refractivity contribution >= 4 is 5.91 Å². The Labute approximate surface area is 90.6 Å². The molecule has 2 atom stereocenters. The lowest BCUT2D eigenvalue weighted by Crippen LogP contribution is -2.46. The average Bonchev–Trinajstić information content (AvgIpc) is 2.11. The number of aliphatic hydroxyl groups is 1. The fraction of sp³-hybridized carbons (Fsp3) is 0.900. The molecule has 1 heterocycles. The highest BCUT2D eigenvalue weighted by Gasteiger charge is 2.27. The molecule has 1 aliphatic heterocycles. The lowest BCUT2D eigenvalue weighted by molar-refractivity contribution is -0.211. The molecule has 1 amide bonds. The first-order valence-corrected chi connectivity index (χ1v) is 5.27. The number of hydroxylamine groups is 2. The molecule has 1 fully saturated rings. The van der Waals surface area contributed by atoms with Crippen molar-refractivity contribution in [2.45, 2.75) is 19.4 Å². The number of nitrogens with zero attached hydrogens (tertiary/aromatic N) is 2. The van der Waals surface area contributed by atoms with Crippen molar-refractivity contribution in [3.8, 4) is 0 Å². The number of carbonyl (C=O) groups is 1. The largest absolute Gasteiger partial charge is 0.390 e. The molecule has 0 spiro atoms. The third-order valence-electron chi connectivity index (χ3n) is 2.42. The number of amides is 1. The zero-order valence-corrected chi connectivity index (χ0v) is 9.64. The minimum atomic E-state index is -0.561. The molecule has 15 heavy (non-hydrogen) atoms. The summed E-state index contributed by atoms with van der Waals surface area (Å²) in [5.41, 5.74) is 0. The van der Waals surface area contributed by atoms with E-state index in [0.29, 0.717) is 13.2 Å². The quantitative estimate of drug-likeness (QED) is 0.701. The van der Waals surface area contributed by atoms with Gasteiger partial charge in [0.15, 0.2) is 0 Å². The monoisotopic (exact) mass is 216 g/mol. The molecule has 0 bridgehead atoms. The highest BCUT2D eigenvalue weighted by Crippen LogP contribution is 2.14. The van der Waals surface area contributed by atoms with Crippen LogP contribution in [0.5, 0.6) is 0 Å².